The van der Waals surface area contributed by atoms with Crippen LogP contribution in [0.3, 0.4) is 0 Å². The van der Waals surface area contributed by atoms with E-state index in [0.29, 0.717) is 0 Å². The third kappa shape index (κ3) is 1.94. The van der Waals surface area contributed by atoms with Crippen LogP contribution in [-0.2, 0) is 4.79 Å². The summed E-state index contributed by atoms with van der Waals surface area (Å²) in [5.41, 5.74) is 2.13. The summed E-state index contributed by atoms with van der Waals surface area (Å²) in [6, 6.07) is 8.27. The van der Waals surface area contributed by atoms with Crippen LogP contribution in [0.1, 0.15) is 31.2 Å². The molecule has 94 valence electrons. The summed E-state index contributed by atoms with van der Waals surface area (Å²) in [5, 5.41) is 0. The van der Waals surface area contributed by atoms with E-state index in [1.165, 1.54) is 12.0 Å². The van der Waals surface area contributed by atoms with E-state index >= 15 is 0 Å². The lowest BCUT2D eigenvalue weighted by Crippen LogP contribution is -2.45. The number of benzene rings is 1. The van der Waals surface area contributed by atoms with Crippen LogP contribution in [-0.4, -0.2) is 18.3 Å². The van der Waals surface area contributed by atoms with Gasteiger partial charge >= 0.3 is 0 Å². The molecule has 1 aliphatic heterocycles. The second-order valence-corrected chi connectivity index (χ2v) is 5.27. The molecular weight excluding hydrogens is 224 g/mol. The minimum atomic E-state index is 0.102. The van der Waals surface area contributed by atoms with E-state index in [1.54, 1.807) is 11.2 Å². The topological polar surface area (TPSA) is 32.7 Å². The first-order chi connectivity index (χ1) is 8.75. The lowest BCUT2D eigenvalue weighted by molar-refractivity contribution is -0.123. The molecule has 3 rings (SSSR count). The summed E-state index contributed by atoms with van der Waals surface area (Å²) in [5.74, 6) is 0.323. The zero-order chi connectivity index (χ0) is 12.5. The van der Waals surface area contributed by atoms with Crippen LogP contribution in [0, 0.1) is 12.8 Å². The highest BCUT2D eigenvalue weighted by Gasteiger charge is 2.36. The fourth-order valence-electron chi connectivity index (χ4n) is 2.86. The molecule has 2 aliphatic rings. The lowest BCUT2D eigenvalue weighted by Gasteiger charge is -2.35. The molecule has 0 radical (unpaired) electrons. The number of anilines is 1. The first kappa shape index (κ1) is 11.5. The van der Waals surface area contributed by atoms with Crippen molar-refractivity contribution in [1.29, 1.82) is 0 Å². The molecule has 3 heteroatoms. The molecule has 3 nitrogen and oxygen atoms in total. The van der Waals surface area contributed by atoms with Gasteiger partial charge in [-0.3, -0.25) is 14.7 Å². The average molecular weight is 242 g/mol. The van der Waals surface area contributed by atoms with Crippen molar-refractivity contribution >= 4 is 17.9 Å². The Balaban J connectivity index is 1.89. The van der Waals surface area contributed by atoms with E-state index in [1.807, 2.05) is 31.2 Å². The van der Waals surface area contributed by atoms with Crippen molar-refractivity contribution in [1.82, 2.24) is 0 Å². The molecule has 18 heavy (non-hydrogen) atoms. The third-order valence-electron chi connectivity index (χ3n) is 3.97. The maximum absolute atomic E-state index is 12.5. The van der Waals surface area contributed by atoms with Gasteiger partial charge in [0.25, 0.3) is 0 Å². The minimum Gasteiger partial charge on any atom is -0.274 e. The number of carbonyl (C=O) groups excluding carboxylic acids is 1. The lowest BCUT2D eigenvalue weighted by atomic mass is 9.83. The van der Waals surface area contributed by atoms with E-state index < -0.39 is 0 Å². The van der Waals surface area contributed by atoms with Crippen molar-refractivity contribution in [2.75, 3.05) is 4.90 Å². The maximum atomic E-state index is 12.5. The number of carbonyl (C=O) groups is 1. The van der Waals surface area contributed by atoms with Crippen molar-refractivity contribution in [3.05, 3.63) is 29.8 Å². The SMILES string of the molecule is Cc1ccc(N2C=NC3CCCCC3C2=O)cc1. The maximum Gasteiger partial charge on any atom is 0.237 e. The van der Waals surface area contributed by atoms with Crippen LogP contribution in [0.5, 0.6) is 0 Å². The smallest absolute Gasteiger partial charge is 0.237 e. The molecule has 0 bridgehead atoms. The largest absolute Gasteiger partial charge is 0.274 e. The molecule has 2 atom stereocenters. The second kappa shape index (κ2) is 4.56. The molecule has 1 fully saturated rings. The fraction of sp³-hybridized carbons (Fsp3) is 0.467. The Kier molecular flexibility index (Phi) is 2.90. The zero-order valence-electron chi connectivity index (χ0n) is 10.7. The van der Waals surface area contributed by atoms with Crippen LogP contribution in [0.4, 0.5) is 5.69 Å². The summed E-state index contributed by atoms with van der Waals surface area (Å²) < 4.78 is 0. The van der Waals surface area contributed by atoms with E-state index in [2.05, 4.69) is 4.99 Å². The molecule has 1 aliphatic carbocycles. The Bertz CT molecular complexity index is 478. The summed E-state index contributed by atoms with van der Waals surface area (Å²) in [6.45, 7) is 2.05. The van der Waals surface area contributed by atoms with Gasteiger partial charge in [0.2, 0.25) is 5.91 Å². The van der Waals surface area contributed by atoms with Gasteiger partial charge in [-0.2, -0.15) is 0 Å². The standard InChI is InChI=1S/C15H18N2O/c1-11-6-8-12(9-7-11)17-10-16-14-5-3-2-4-13(14)15(17)18/h6-10,13-14H,2-5H2,1H3. The van der Waals surface area contributed by atoms with Crippen molar-refractivity contribution in [3.63, 3.8) is 0 Å². The van der Waals surface area contributed by atoms with Gasteiger partial charge in [0, 0.05) is 5.69 Å². The average Bonchev–Trinajstić information content (AvgIpc) is 2.41. The van der Waals surface area contributed by atoms with Crippen molar-refractivity contribution in [2.24, 2.45) is 10.9 Å². The highest BCUT2D eigenvalue weighted by molar-refractivity contribution is 6.11. The van der Waals surface area contributed by atoms with Crippen molar-refractivity contribution in [2.45, 2.75) is 38.6 Å². The molecule has 1 heterocycles. The highest BCUT2D eigenvalue weighted by atomic mass is 16.2. The molecule has 1 aromatic carbocycles. The molecule has 0 spiro atoms. The van der Waals surface area contributed by atoms with E-state index in [9.17, 15) is 4.79 Å². The van der Waals surface area contributed by atoms with Gasteiger partial charge in [0.05, 0.1) is 18.3 Å². The molecule has 0 saturated heterocycles. The van der Waals surface area contributed by atoms with E-state index in [4.69, 9.17) is 0 Å². The van der Waals surface area contributed by atoms with Gasteiger partial charge in [0.1, 0.15) is 0 Å². The summed E-state index contributed by atoms with van der Waals surface area (Å²) in [7, 11) is 0. The number of amides is 1. The van der Waals surface area contributed by atoms with Crippen molar-refractivity contribution in [3.8, 4) is 0 Å². The predicted molar refractivity (Wildman–Crippen MR) is 72.9 cm³/mol. The Morgan fingerprint density at radius 2 is 1.89 bits per heavy atom. The monoisotopic (exact) mass is 242 g/mol. The zero-order valence-corrected chi connectivity index (χ0v) is 10.7. The van der Waals surface area contributed by atoms with Gasteiger partial charge in [-0.05, 0) is 31.9 Å². The van der Waals surface area contributed by atoms with E-state index in [-0.39, 0.29) is 17.9 Å². The van der Waals surface area contributed by atoms with Crippen LogP contribution >= 0.6 is 0 Å². The van der Waals surface area contributed by atoms with Gasteiger partial charge in [-0.25, -0.2) is 0 Å². The molecule has 2 unspecified atom stereocenters. The third-order valence-corrected chi connectivity index (χ3v) is 3.97. The van der Waals surface area contributed by atoms with Crippen LogP contribution < -0.4 is 4.90 Å². The number of rotatable bonds is 1. The number of aliphatic imine (C=N–C) groups is 1. The Labute approximate surface area is 108 Å². The number of fused-ring (bicyclic) bond motifs is 1. The van der Waals surface area contributed by atoms with Gasteiger partial charge in [-0.15, -0.1) is 0 Å². The molecule has 1 aromatic rings. The van der Waals surface area contributed by atoms with E-state index in [0.717, 1.165) is 24.9 Å². The number of aryl methyl sites for hydroxylation is 1. The summed E-state index contributed by atoms with van der Waals surface area (Å²) >= 11 is 0. The second-order valence-electron chi connectivity index (χ2n) is 5.27. The molecule has 1 saturated carbocycles. The summed E-state index contributed by atoms with van der Waals surface area (Å²) in [6.07, 6.45) is 6.14. The van der Waals surface area contributed by atoms with Crippen molar-refractivity contribution < 1.29 is 4.79 Å². The molecule has 1 amide bonds. The van der Waals surface area contributed by atoms with Crippen LogP contribution in [0.15, 0.2) is 29.3 Å². The Morgan fingerprint density at radius 3 is 2.67 bits per heavy atom. The van der Waals surface area contributed by atoms with Crippen LogP contribution in [0.25, 0.3) is 0 Å². The predicted octanol–water partition coefficient (Wildman–Crippen LogP) is 2.93. The Morgan fingerprint density at radius 1 is 1.17 bits per heavy atom. The van der Waals surface area contributed by atoms with Gasteiger partial charge < -0.3 is 0 Å². The van der Waals surface area contributed by atoms with Crippen LogP contribution in [0.2, 0.25) is 0 Å². The number of nitrogens with zero attached hydrogens (tertiary/aromatic N) is 2. The highest BCUT2D eigenvalue weighted by Crippen LogP contribution is 2.32. The van der Waals surface area contributed by atoms with Gasteiger partial charge in [-0.1, -0.05) is 30.5 Å². The fourth-order valence-corrected chi connectivity index (χ4v) is 2.86. The Hall–Kier alpha value is -1.64. The first-order valence-electron chi connectivity index (χ1n) is 6.69. The molecule has 0 N–H and O–H groups in total. The quantitative estimate of drug-likeness (QED) is 0.745. The minimum absolute atomic E-state index is 0.102. The normalized spacial score (nSPS) is 27.2. The summed E-state index contributed by atoms with van der Waals surface area (Å²) in [4.78, 5) is 18.8. The number of hydrogen-bond donors (Lipinski definition) is 0. The molecule has 0 aromatic heterocycles. The number of hydrogen-bond acceptors (Lipinski definition) is 2. The molecular formula is C15H18N2O. The first-order valence-corrected chi connectivity index (χ1v) is 6.69. The van der Waals surface area contributed by atoms with Gasteiger partial charge in [0.15, 0.2) is 0 Å².